The second-order valence-corrected chi connectivity index (χ2v) is 6.10. The van der Waals surface area contributed by atoms with E-state index >= 15 is 0 Å². The van der Waals surface area contributed by atoms with Crippen LogP contribution in [0, 0.1) is 0 Å². The van der Waals surface area contributed by atoms with Crippen molar-refractivity contribution in [2.75, 3.05) is 13.1 Å². The number of benzene rings is 1. The van der Waals surface area contributed by atoms with E-state index in [9.17, 15) is 4.79 Å². The lowest BCUT2D eigenvalue weighted by Gasteiger charge is -2.38. The Morgan fingerprint density at radius 3 is 2.45 bits per heavy atom. The summed E-state index contributed by atoms with van der Waals surface area (Å²) in [6, 6.07) is 8.08. The molecule has 2 rings (SSSR count). The quantitative estimate of drug-likeness (QED) is 0.877. The Morgan fingerprint density at radius 1 is 1.20 bits per heavy atom. The smallest absolute Gasteiger partial charge is 0.221 e. The van der Waals surface area contributed by atoms with Crippen molar-refractivity contribution in [2.24, 2.45) is 5.73 Å². The van der Waals surface area contributed by atoms with Gasteiger partial charge in [-0.25, -0.2) is 0 Å². The Balaban J connectivity index is 2.12. The first-order valence-electron chi connectivity index (χ1n) is 7.39. The van der Waals surface area contributed by atoms with Gasteiger partial charge in [-0.3, -0.25) is 4.79 Å². The molecule has 0 spiro atoms. The molecule has 1 aromatic carbocycles. The zero-order valence-corrected chi connectivity index (χ0v) is 12.6. The van der Waals surface area contributed by atoms with E-state index in [1.54, 1.807) is 0 Å². The van der Waals surface area contributed by atoms with Gasteiger partial charge >= 0.3 is 0 Å². The summed E-state index contributed by atoms with van der Waals surface area (Å²) in [4.78, 5) is 11.7. The molecule has 3 nitrogen and oxygen atoms in total. The lowest BCUT2D eigenvalue weighted by molar-refractivity contribution is -0.121. The van der Waals surface area contributed by atoms with Crippen LogP contribution >= 0.6 is 11.6 Å². The van der Waals surface area contributed by atoms with E-state index in [-0.39, 0.29) is 11.3 Å². The Morgan fingerprint density at radius 2 is 1.85 bits per heavy atom. The predicted molar refractivity (Wildman–Crippen MR) is 82.9 cm³/mol. The largest absolute Gasteiger partial charge is 0.355 e. The molecule has 1 aliphatic rings. The monoisotopic (exact) mass is 294 g/mol. The van der Waals surface area contributed by atoms with Crippen LogP contribution in [0.3, 0.4) is 0 Å². The Bertz CT molecular complexity index is 438. The van der Waals surface area contributed by atoms with Gasteiger partial charge in [0.25, 0.3) is 0 Å². The van der Waals surface area contributed by atoms with E-state index in [1.807, 2.05) is 12.1 Å². The molecule has 1 aliphatic carbocycles. The molecule has 0 bridgehead atoms. The molecule has 3 N–H and O–H groups in total. The van der Waals surface area contributed by atoms with E-state index in [0.29, 0.717) is 19.5 Å². The van der Waals surface area contributed by atoms with Gasteiger partial charge < -0.3 is 11.1 Å². The number of nitrogens with two attached hydrogens (primary N) is 1. The Kier molecular flexibility index (Phi) is 5.44. The van der Waals surface area contributed by atoms with Gasteiger partial charge in [0, 0.05) is 29.9 Å². The van der Waals surface area contributed by atoms with Gasteiger partial charge in [0.2, 0.25) is 5.91 Å². The second-order valence-electron chi connectivity index (χ2n) is 5.66. The number of hydrogen-bond donors (Lipinski definition) is 2. The van der Waals surface area contributed by atoms with Gasteiger partial charge in [-0.1, -0.05) is 43.0 Å². The van der Waals surface area contributed by atoms with Crippen molar-refractivity contribution in [1.82, 2.24) is 5.32 Å². The molecule has 0 radical (unpaired) electrons. The first-order chi connectivity index (χ1) is 9.66. The van der Waals surface area contributed by atoms with Crippen LogP contribution in [0.1, 0.15) is 44.1 Å². The highest BCUT2D eigenvalue weighted by molar-refractivity contribution is 6.30. The molecule has 0 aliphatic heterocycles. The molecule has 1 amide bonds. The molecular formula is C16H23ClN2O. The molecule has 0 unspecified atom stereocenters. The summed E-state index contributed by atoms with van der Waals surface area (Å²) >= 11 is 5.98. The van der Waals surface area contributed by atoms with Crippen LogP contribution in [0.5, 0.6) is 0 Å². The molecule has 0 heterocycles. The summed E-state index contributed by atoms with van der Waals surface area (Å²) in [5.74, 6) is 0.0476. The van der Waals surface area contributed by atoms with Crippen LogP contribution in [0.2, 0.25) is 5.02 Å². The third-order valence-electron chi connectivity index (χ3n) is 4.26. The molecule has 20 heavy (non-hydrogen) atoms. The maximum Gasteiger partial charge on any atom is 0.221 e. The highest BCUT2D eigenvalue weighted by Crippen LogP contribution is 2.39. The first-order valence-corrected chi connectivity index (χ1v) is 7.77. The first kappa shape index (κ1) is 15.3. The number of halogens is 1. The van der Waals surface area contributed by atoms with E-state index in [4.69, 9.17) is 17.3 Å². The number of nitrogens with one attached hydrogen (secondary N) is 1. The minimum absolute atomic E-state index is 0.0476. The number of carbonyl (C=O) groups is 1. The maximum atomic E-state index is 11.7. The van der Waals surface area contributed by atoms with Gasteiger partial charge in [-0.15, -0.1) is 0 Å². The fourth-order valence-corrected chi connectivity index (χ4v) is 3.21. The van der Waals surface area contributed by atoms with Crippen molar-refractivity contribution in [3.8, 4) is 0 Å². The minimum Gasteiger partial charge on any atom is -0.355 e. The average molecular weight is 295 g/mol. The normalized spacial score (nSPS) is 17.7. The standard InChI is InChI=1S/C16H23ClN2O/c17-14-6-4-13(5-7-14)16(9-2-1-3-10-16)12-19-15(20)8-11-18/h4-7H,1-3,8-12,18H2,(H,19,20). The third kappa shape index (κ3) is 3.74. The van der Waals surface area contributed by atoms with Crippen molar-refractivity contribution < 1.29 is 4.79 Å². The van der Waals surface area contributed by atoms with Crippen LogP contribution in [0.25, 0.3) is 0 Å². The third-order valence-corrected chi connectivity index (χ3v) is 4.51. The summed E-state index contributed by atoms with van der Waals surface area (Å²) in [6.07, 6.45) is 6.36. The summed E-state index contributed by atoms with van der Waals surface area (Å²) < 4.78 is 0. The SMILES string of the molecule is NCCC(=O)NCC1(c2ccc(Cl)cc2)CCCCC1. The van der Waals surface area contributed by atoms with Crippen LogP contribution in [-0.2, 0) is 10.2 Å². The molecule has 0 aromatic heterocycles. The summed E-state index contributed by atoms with van der Waals surface area (Å²) in [6.45, 7) is 1.10. The lowest BCUT2D eigenvalue weighted by atomic mass is 9.69. The predicted octanol–water partition coefficient (Wildman–Crippen LogP) is 3.01. The van der Waals surface area contributed by atoms with E-state index in [1.165, 1.54) is 24.8 Å². The Labute approximate surface area is 125 Å². The van der Waals surface area contributed by atoms with Gasteiger partial charge in [0.1, 0.15) is 0 Å². The van der Waals surface area contributed by atoms with Crippen LogP contribution in [0.4, 0.5) is 0 Å². The summed E-state index contributed by atoms with van der Waals surface area (Å²) in [7, 11) is 0. The molecule has 4 heteroatoms. The fraction of sp³-hybridized carbons (Fsp3) is 0.562. The van der Waals surface area contributed by atoms with Gasteiger partial charge in [0.15, 0.2) is 0 Å². The molecule has 110 valence electrons. The van der Waals surface area contributed by atoms with Crippen molar-refractivity contribution >= 4 is 17.5 Å². The van der Waals surface area contributed by atoms with Crippen molar-refractivity contribution in [3.63, 3.8) is 0 Å². The van der Waals surface area contributed by atoms with Gasteiger partial charge in [-0.2, -0.15) is 0 Å². The second kappa shape index (κ2) is 7.09. The molecule has 0 atom stereocenters. The molecule has 1 fully saturated rings. The van der Waals surface area contributed by atoms with Crippen LogP contribution < -0.4 is 11.1 Å². The molecule has 1 aromatic rings. The van der Waals surface area contributed by atoms with E-state index < -0.39 is 0 Å². The molecule has 0 saturated heterocycles. The number of carbonyl (C=O) groups excluding carboxylic acids is 1. The number of rotatable bonds is 5. The fourth-order valence-electron chi connectivity index (χ4n) is 3.09. The highest BCUT2D eigenvalue weighted by atomic mass is 35.5. The van der Waals surface area contributed by atoms with Gasteiger partial charge in [0.05, 0.1) is 0 Å². The van der Waals surface area contributed by atoms with E-state index in [0.717, 1.165) is 17.9 Å². The van der Waals surface area contributed by atoms with Crippen LogP contribution in [0.15, 0.2) is 24.3 Å². The highest BCUT2D eigenvalue weighted by Gasteiger charge is 2.34. The van der Waals surface area contributed by atoms with Gasteiger partial charge in [-0.05, 0) is 30.5 Å². The summed E-state index contributed by atoms with van der Waals surface area (Å²) in [5, 5.41) is 3.81. The molecule has 1 saturated carbocycles. The topological polar surface area (TPSA) is 55.1 Å². The zero-order chi connectivity index (χ0) is 14.4. The Hall–Kier alpha value is -1.06. The summed E-state index contributed by atoms with van der Waals surface area (Å²) in [5.41, 5.74) is 6.77. The van der Waals surface area contributed by atoms with Crippen molar-refractivity contribution in [2.45, 2.75) is 43.9 Å². The van der Waals surface area contributed by atoms with Crippen LogP contribution in [-0.4, -0.2) is 19.0 Å². The zero-order valence-electron chi connectivity index (χ0n) is 11.8. The minimum atomic E-state index is 0.0476. The van der Waals surface area contributed by atoms with Crippen molar-refractivity contribution in [3.05, 3.63) is 34.9 Å². The maximum absolute atomic E-state index is 11.7. The number of amides is 1. The van der Waals surface area contributed by atoms with Crippen molar-refractivity contribution in [1.29, 1.82) is 0 Å². The van der Waals surface area contributed by atoms with E-state index in [2.05, 4.69) is 17.4 Å². The number of hydrogen-bond acceptors (Lipinski definition) is 2. The molecular weight excluding hydrogens is 272 g/mol. The lowest BCUT2D eigenvalue weighted by Crippen LogP contribution is -2.42. The average Bonchev–Trinajstić information content (AvgIpc) is 2.47.